The number of benzene rings is 1. The summed E-state index contributed by atoms with van der Waals surface area (Å²) in [5.74, 6) is 0.277. The summed E-state index contributed by atoms with van der Waals surface area (Å²) in [6.07, 6.45) is 3.73. The Labute approximate surface area is 196 Å². The number of piperidine rings is 1. The standard InChI is InChI=1S/C26H34N4O3/c1-18-6-4-12-27-24(18)28-25(31)23-7-5-13-30(17-23)26(32)22-10-8-21(9-11-22)16-29-14-19(2)33-20(3)15-29/h4,6,8-12,19-20,23H,5,7,13-17H2,1-3H3,(H,27,28,31). The van der Waals surface area contributed by atoms with Crippen LogP contribution in [0.15, 0.2) is 42.6 Å². The summed E-state index contributed by atoms with van der Waals surface area (Å²) in [6.45, 7) is 9.93. The lowest BCUT2D eigenvalue weighted by Gasteiger charge is -2.35. The molecule has 4 rings (SSSR count). The number of rotatable bonds is 5. The molecule has 1 N–H and O–H groups in total. The molecule has 0 spiro atoms. The van der Waals surface area contributed by atoms with E-state index in [9.17, 15) is 9.59 Å². The van der Waals surface area contributed by atoms with Crippen molar-refractivity contribution in [3.63, 3.8) is 0 Å². The smallest absolute Gasteiger partial charge is 0.253 e. The van der Waals surface area contributed by atoms with Crippen molar-refractivity contribution in [2.24, 2.45) is 5.92 Å². The molecule has 7 heteroatoms. The molecule has 2 amide bonds. The molecule has 7 nitrogen and oxygen atoms in total. The monoisotopic (exact) mass is 450 g/mol. The van der Waals surface area contributed by atoms with Crippen molar-refractivity contribution >= 4 is 17.6 Å². The van der Waals surface area contributed by atoms with Crippen molar-refractivity contribution in [2.75, 3.05) is 31.5 Å². The molecule has 33 heavy (non-hydrogen) atoms. The molecule has 176 valence electrons. The molecule has 3 unspecified atom stereocenters. The van der Waals surface area contributed by atoms with Gasteiger partial charge in [-0.25, -0.2) is 4.98 Å². The van der Waals surface area contributed by atoms with Gasteiger partial charge in [0.25, 0.3) is 5.91 Å². The lowest BCUT2D eigenvalue weighted by Crippen LogP contribution is -2.44. The molecular formula is C26H34N4O3. The number of aryl methyl sites for hydroxylation is 1. The number of morpholine rings is 1. The highest BCUT2D eigenvalue weighted by Crippen LogP contribution is 2.22. The van der Waals surface area contributed by atoms with Gasteiger partial charge in [0.1, 0.15) is 5.82 Å². The number of aromatic nitrogens is 1. The minimum absolute atomic E-state index is 0.0123. The average Bonchev–Trinajstić information content (AvgIpc) is 2.80. The molecule has 2 aliphatic heterocycles. The van der Waals surface area contributed by atoms with Gasteiger partial charge in [-0.1, -0.05) is 18.2 Å². The number of nitrogens with zero attached hydrogens (tertiary/aromatic N) is 3. The van der Waals surface area contributed by atoms with Crippen molar-refractivity contribution in [1.82, 2.24) is 14.8 Å². The fraction of sp³-hybridized carbons (Fsp3) is 0.500. The van der Waals surface area contributed by atoms with Crippen molar-refractivity contribution in [3.8, 4) is 0 Å². The summed E-state index contributed by atoms with van der Waals surface area (Å²) in [5.41, 5.74) is 2.79. The van der Waals surface area contributed by atoms with Gasteiger partial charge in [-0.2, -0.15) is 0 Å². The first-order valence-electron chi connectivity index (χ1n) is 11.9. The van der Waals surface area contributed by atoms with E-state index in [1.54, 1.807) is 11.1 Å². The lowest BCUT2D eigenvalue weighted by molar-refractivity contribution is -0.121. The number of likely N-dealkylation sites (tertiary alicyclic amines) is 1. The van der Waals surface area contributed by atoms with E-state index in [1.165, 1.54) is 5.56 Å². The zero-order chi connectivity index (χ0) is 23.4. The molecule has 3 atom stereocenters. The third-order valence-electron chi connectivity index (χ3n) is 6.43. The maximum atomic E-state index is 13.1. The van der Waals surface area contributed by atoms with Gasteiger partial charge in [0, 0.05) is 44.5 Å². The maximum absolute atomic E-state index is 13.1. The second kappa shape index (κ2) is 10.4. The van der Waals surface area contributed by atoms with Gasteiger partial charge in [-0.05, 0) is 62.9 Å². The zero-order valence-corrected chi connectivity index (χ0v) is 19.8. The predicted octanol–water partition coefficient (Wildman–Crippen LogP) is 3.49. The maximum Gasteiger partial charge on any atom is 0.253 e. The SMILES string of the molecule is Cc1cccnc1NC(=O)C1CCCN(C(=O)c2ccc(CN3CC(C)OC(C)C3)cc2)C1. The van der Waals surface area contributed by atoms with E-state index in [0.717, 1.165) is 38.0 Å². The second-order valence-electron chi connectivity index (χ2n) is 9.40. The highest BCUT2D eigenvalue weighted by molar-refractivity contribution is 5.96. The van der Waals surface area contributed by atoms with Crippen molar-refractivity contribution < 1.29 is 14.3 Å². The fourth-order valence-electron chi connectivity index (χ4n) is 4.82. The van der Waals surface area contributed by atoms with Crippen LogP contribution in [-0.4, -0.2) is 65.0 Å². The number of ether oxygens (including phenoxy) is 1. The topological polar surface area (TPSA) is 74.8 Å². The molecule has 0 aliphatic carbocycles. The van der Waals surface area contributed by atoms with Crippen LogP contribution in [0.25, 0.3) is 0 Å². The predicted molar refractivity (Wildman–Crippen MR) is 128 cm³/mol. The molecule has 3 heterocycles. The summed E-state index contributed by atoms with van der Waals surface area (Å²) < 4.78 is 5.81. The molecule has 2 aromatic rings. The second-order valence-corrected chi connectivity index (χ2v) is 9.40. The van der Waals surface area contributed by atoms with Gasteiger partial charge >= 0.3 is 0 Å². The van der Waals surface area contributed by atoms with Crippen LogP contribution in [0.4, 0.5) is 5.82 Å². The van der Waals surface area contributed by atoms with Crippen LogP contribution in [0.1, 0.15) is 48.2 Å². The zero-order valence-electron chi connectivity index (χ0n) is 19.8. The van der Waals surface area contributed by atoms with E-state index in [0.29, 0.717) is 24.5 Å². The molecule has 2 aliphatic rings. The van der Waals surface area contributed by atoms with Gasteiger partial charge in [0.2, 0.25) is 5.91 Å². The van der Waals surface area contributed by atoms with Crippen LogP contribution in [0.5, 0.6) is 0 Å². The van der Waals surface area contributed by atoms with Crippen LogP contribution in [-0.2, 0) is 16.1 Å². The minimum Gasteiger partial charge on any atom is -0.373 e. The number of carbonyl (C=O) groups excluding carboxylic acids is 2. The largest absolute Gasteiger partial charge is 0.373 e. The number of hydrogen-bond acceptors (Lipinski definition) is 5. The van der Waals surface area contributed by atoms with E-state index >= 15 is 0 Å². The van der Waals surface area contributed by atoms with Gasteiger partial charge in [-0.15, -0.1) is 0 Å². The Balaban J connectivity index is 1.34. The Morgan fingerprint density at radius 3 is 2.52 bits per heavy atom. The lowest BCUT2D eigenvalue weighted by atomic mass is 9.96. The van der Waals surface area contributed by atoms with Gasteiger partial charge in [0.15, 0.2) is 0 Å². The van der Waals surface area contributed by atoms with Gasteiger partial charge < -0.3 is 15.0 Å². The van der Waals surface area contributed by atoms with Crippen LogP contribution in [0.3, 0.4) is 0 Å². The third-order valence-corrected chi connectivity index (χ3v) is 6.43. The van der Waals surface area contributed by atoms with Gasteiger partial charge in [-0.3, -0.25) is 14.5 Å². The first-order chi connectivity index (χ1) is 15.9. The number of carbonyl (C=O) groups is 2. The number of anilines is 1. The number of hydrogen-bond donors (Lipinski definition) is 1. The van der Waals surface area contributed by atoms with Crippen LogP contribution in [0.2, 0.25) is 0 Å². The molecule has 0 bridgehead atoms. The highest BCUT2D eigenvalue weighted by Gasteiger charge is 2.29. The van der Waals surface area contributed by atoms with Gasteiger partial charge in [0.05, 0.1) is 18.1 Å². The Hall–Kier alpha value is -2.77. The van der Waals surface area contributed by atoms with E-state index in [4.69, 9.17) is 4.74 Å². The first-order valence-corrected chi connectivity index (χ1v) is 11.9. The fourth-order valence-corrected chi connectivity index (χ4v) is 4.82. The molecule has 2 saturated heterocycles. The molecule has 2 fully saturated rings. The summed E-state index contributed by atoms with van der Waals surface area (Å²) >= 11 is 0. The molecular weight excluding hydrogens is 416 g/mol. The summed E-state index contributed by atoms with van der Waals surface area (Å²) in [4.78, 5) is 34.4. The third kappa shape index (κ3) is 5.97. The van der Waals surface area contributed by atoms with Crippen molar-refractivity contribution in [1.29, 1.82) is 0 Å². The molecule has 0 radical (unpaired) electrons. The van der Waals surface area contributed by atoms with E-state index in [2.05, 4.69) is 29.0 Å². The first kappa shape index (κ1) is 23.4. The number of pyridine rings is 1. The summed E-state index contributed by atoms with van der Waals surface area (Å²) in [7, 11) is 0. The van der Waals surface area contributed by atoms with Crippen molar-refractivity contribution in [3.05, 3.63) is 59.3 Å². The minimum atomic E-state index is -0.228. The Kier molecular flexibility index (Phi) is 7.40. The van der Waals surface area contributed by atoms with Crippen LogP contribution < -0.4 is 5.32 Å². The molecule has 0 saturated carbocycles. The number of amides is 2. The van der Waals surface area contributed by atoms with Crippen molar-refractivity contribution in [2.45, 2.75) is 52.4 Å². The molecule has 1 aromatic carbocycles. The van der Waals surface area contributed by atoms with E-state index in [1.807, 2.05) is 43.3 Å². The quantitative estimate of drug-likeness (QED) is 0.755. The Bertz CT molecular complexity index is 968. The Morgan fingerprint density at radius 2 is 1.82 bits per heavy atom. The van der Waals surface area contributed by atoms with Crippen LogP contribution >= 0.6 is 0 Å². The van der Waals surface area contributed by atoms with E-state index < -0.39 is 0 Å². The average molecular weight is 451 g/mol. The van der Waals surface area contributed by atoms with Crippen LogP contribution in [0, 0.1) is 12.8 Å². The Morgan fingerprint density at radius 1 is 1.09 bits per heavy atom. The normalized spacial score (nSPS) is 23.8. The summed E-state index contributed by atoms with van der Waals surface area (Å²) in [6, 6.07) is 11.7. The summed E-state index contributed by atoms with van der Waals surface area (Å²) in [5, 5.41) is 2.93. The van der Waals surface area contributed by atoms with E-state index in [-0.39, 0.29) is 29.9 Å². The number of nitrogens with one attached hydrogen (secondary N) is 1. The highest BCUT2D eigenvalue weighted by atomic mass is 16.5. The molecule has 1 aromatic heterocycles.